The number of carbonyl (C=O) groups is 1. The number of anilines is 2. The van der Waals surface area contributed by atoms with Crippen molar-refractivity contribution in [2.45, 2.75) is 6.54 Å². The maximum atomic E-state index is 12.5. The number of hydrogen-bond acceptors (Lipinski definition) is 6. The Bertz CT molecular complexity index is 877. The fourth-order valence-electron chi connectivity index (χ4n) is 2.39. The Kier molecular flexibility index (Phi) is 5.84. The zero-order valence-corrected chi connectivity index (χ0v) is 15.1. The van der Waals surface area contributed by atoms with Gasteiger partial charge in [-0.05, 0) is 36.4 Å². The van der Waals surface area contributed by atoms with Crippen molar-refractivity contribution >= 4 is 17.4 Å². The summed E-state index contributed by atoms with van der Waals surface area (Å²) >= 11 is 0. The van der Waals surface area contributed by atoms with Crippen molar-refractivity contribution in [1.82, 2.24) is 9.97 Å². The first-order chi connectivity index (χ1) is 13.2. The van der Waals surface area contributed by atoms with Gasteiger partial charge in [0.25, 0.3) is 5.91 Å². The summed E-state index contributed by atoms with van der Waals surface area (Å²) in [5.41, 5.74) is 2.19. The van der Waals surface area contributed by atoms with Crippen LogP contribution in [0.5, 0.6) is 11.5 Å². The van der Waals surface area contributed by atoms with Crippen molar-refractivity contribution in [3.8, 4) is 11.5 Å². The molecule has 0 aliphatic rings. The summed E-state index contributed by atoms with van der Waals surface area (Å²) in [6, 6.07) is 14.3. The molecule has 0 saturated carbocycles. The molecule has 3 aromatic rings. The Labute approximate surface area is 157 Å². The van der Waals surface area contributed by atoms with Crippen LogP contribution >= 0.6 is 0 Å². The van der Waals surface area contributed by atoms with Gasteiger partial charge in [-0.15, -0.1) is 0 Å². The van der Waals surface area contributed by atoms with Gasteiger partial charge in [0.2, 0.25) is 0 Å². The molecule has 27 heavy (non-hydrogen) atoms. The number of pyridine rings is 2. The zero-order valence-electron chi connectivity index (χ0n) is 15.1. The van der Waals surface area contributed by atoms with Crippen molar-refractivity contribution < 1.29 is 14.3 Å². The van der Waals surface area contributed by atoms with E-state index in [9.17, 15) is 4.79 Å². The standard InChI is InChI=1S/C20H20N4O3/c1-26-17-9-14(10-18(11-17)27-2)20(25)24-19-7-6-16(13-23-19)22-12-15-5-3-4-8-21-15/h3-11,13,22H,12H2,1-2H3,(H,23,24,25). The maximum absolute atomic E-state index is 12.5. The predicted octanol–water partition coefficient (Wildman–Crippen LogP) is 3.36. The Balaban J connectivity index is 1.63. The minimum atomic E-state index is -0.297. The number of benzene rings is 1. The molecule has 7 nitrogen and oxygen atoms in total. The average molecular weight is 364 g/mol. The smallest absolute Gasteiger partial charge is 0.257 e. The van der Waals surface area contributed by atoms with Crippen LogP contribution in [-0.4, -0.2) is 30.1 Å². The first-order valence-corrected chi connectivity index (χ1v) is 8.32. The van der Waals surface area contributed by atoms with Crippen LogP contribution in [0, 0.1) is 0 Å². The van der Waals surface area contributed by atoms with Crippen molar-refractivity contribution in [2.24, 2.45) is 0 Å². The summed E-state index contributed by atoms with van der Waals surface area (Å²) in [6.07, 6.45) is 3.41. The van der Waals surface area contributed by atoms with Gasteiger partial charge in [0.15, 0.2) is 0 Å². The van der Waals surface area contributed by atoms with Crippen LogP contribution in [-0.2, 0) is 6.54 Å². The second-order valence-corrected chi connectivity index (χ2v) is 5.66. The van der Waals surface area contributed by atoms with Gasteiger partial charge in [-0.25, -0.2) is 4.98 Å². The Morgan fingerprint density at radius 1 is 1.00 bits per heavy atom. The highest BCUT2D eigenvalue weighted by atomic mass is 16.5. The third-order valence-electron chi connectivity index (χ3n) is 3.82. The van der Waals surface area contributed by atoms with E-state index in [0.717, 1.165) is 11.4 Å². The number of methoxy groups -OCH3 is 2. The summed E-state index contributed by atoms with van der Waals surface area (Å²) in [6.45, 7) is 0.595. The maximum Gasteiger partial charge on any atom is 0.257 e. The first-order valence-electron chi connectivity index (χ1n) is 8.32. The highest BCUT2D eigenvalue weighted by Crippen LogP contribution is 2.23. The molecular weight excluding hydrogens is 344 g/mol. The van der Waals surface area contributed by atoms with Crippen molar-refractivity contribution in [2.75, 3.05) is 24.9 Å². The number of carbonyl (C=O) groups excluding carboxylic acids is 1. The molecule has 1 aromatic carbocycles. The van der Waals surface area contributed by atoms with Gasteiger partial charge >= 0.3 is 0 Å². The second kappa shape index (κ2) is 8.66. The Hall–Kier alpha value is -3.61. The van der Waals surface area contributed by atoms with E-state index in [1.165, 1.54) is 14.2 Å². The van der Waals surface area contributed by atoms with Gasteiger partial charge in [-0.2, -0.15) is 0 Å². The highest BCUT2D eigenvalue weighted by molar-refractivity contribution is 6.04. The molecule has 2 heterocycles. The summed E-state index contributed by atoms with van der Waals surface area (Å²) in [5, 5.41) is 5.99. The summed E-state index contributed by atoms with van der Waals surface area (Å²) in [7, 11) is 3.07. The lowest BCUT2D eigenvalue weighted by atomic mass is 10.2. The van der Waals surface area contributed by atoms with E-state index >= 15 is 0 Å². The molecule has 0 unspecified atom stereocenters. The summed E-state index contributed by atoms with van der Waals surface area (Å²) < 4.78 is 10.4. The summed E-state index contributed by atoms with van der Waals surface area (Å²) in [5.74, 6) is 1.24. The topological polar surface area (TPSA) is 85.4 Å². The third-order valence-corrected chi connectivity index (χ3v) is 3.82. The molecule has 0 fully saturated rings. The van der Waals surface area contributed by atoms with E-state index in [0.29, 0.717) is 29.4 Å². The monoisotopic (exact) mass is 364 g/mol. The lowest BCUT2D eigenvalue weighted by molar-refractivity contribution is 0.102. The molecule has 0 atom stereocenters. The number of nitrogens with zero attached hydrogens (tertiary/aromatic N) is 2. The van der Waals surface area contributed by atoms with Crippen molar-refractivity contribution in [3.05, 3.63) is 72.2 Å². The molecule has 0 saturated heterocycles. The Morgan fingerprint density at radius 2 is 1.78 bits per heavy atom. The molecule has 3 rings (SSSR count). The average Bonchev–Trinajstić information content (AvgIpc) is 2.73. The molecule has 2 aromatic heterocycles. The predicted molar refractivity (Wildman–Crippen MR) is 103 cm³/mol. The fourth-order valence-corrected chi connectivity index (χ4v) is 2.39. The summed E-state index contributed by atoms with van der Waals surface area (Å²) in [4.78, 5) is 21.0. The molecule has 0 bridgehead atoms. The van der Waals surface area contributed by atoms with E-state index in [1.54, 1.807) is 36.7 Å². The lowest BCUT2D eigenvalue weighted by Gasteiger charge is -2.10. The molecule has 0 radical (unpaired) electrons. The van der Waals surface area contributed by atoms with Crippen LogP contribution in [0.2, 0.25) is 0 Å². The van der Waals surface area contributed by atoms with Crippen LogP contribution in [0.1, 0.15) is 16.1 Å². The molecule has 2 N–H and O–H groups in total. The highest BCUT2D eigenvalue weighted by Gasteiger charge is 2.11. The Morgan fingerprint density at radius 3 is 2.37 bits per heavy atom. The van der Waals surface area contributed by atoms with E-state index in [1.807, 2.05) is 24.3 Å². The second-order valence-electron chi connectivity index (χ2n) is 5.66. The SMILES string of the molecule is COc1cc(OC)cc(C(=O)Nc2ccc(NCc3ccccn3)cn2)c1. The van der Waals surface area contributed by atoms with E-state index in [4.69, 9.17) is 9.47 Å². The van der Waals surface area contributed by atoms with Gasteiger partial charge in [0, 0.05) is 17.8 Å². The van der Waals surface area contributed by atoms with Gasteiger partial charge in [0.1, 0.15) is 17.3 Å². The minimum Gasteiger partial charge on any atom is -0.497 e. The number of ether oxygens (including phenoxy) is 2. The molecule has 0 spiro atoms. The van der Waals surface area contributed by atoms with Crippen LogP contribution in [0.15, 0.2) is 60.9 Å². The normalized spacial score (nSPS) is 10.1. The molecule has 1 amide bonds. The molecule has 0 aliphatic heterocycles. The van der Waals surface area contributed by atoms with E-state index in [-0.39, 0.29) is 5.91 Å². The van der Waals surface area contributed by atoms with Gasteiger partial charge in [-0.1, -0.05) is 6.07 Å². The number of hydrogen-bond donors (Lipinski definition) is 2. The van der Waals surface area contributed by atoms with Crippen molar-refractivity contribution in [1.29, 1.82) is 0 Å². The van der Waals surface area contributed by atoms with Gasteiger partial charge in [0.05, 0.1) is 38.3 Å². The van der Waals surface area contributed by atoms with Crippen molar-refractivity contribution in [3.63, 3.8) is 0 Å². The largest absolute Gasteiger partial charge is 0.497 e. The van der Waals surface area contributed by atoms with E-state index in [2.05, 4.69) is 20.6 Å². The van der Waals surface area contributed by atoms with Crippen LogP contribution in [0.4, 0.5) is 11.5 Å². The minimum absolute atomic E-state index is 0.297. The molecule has 0 aliphatic carbocycles. The first kappa shape index (κ1) is 18.2. The molecule has 138 valence electrons. The van der Waals surface area contributed by atoms with Crippen LogP contribution in [0.3, 0.4) is 0 Å². The van der Waals surface area contributed by atoms with E-state index < -0.39 is 0 Å². The number of aromatic nitrogens is 2. The van der Waals surface area contributed by atoms with Gasteiger partial charge < -0.3 is 20.1 Å². The fraction of sp³-hybridized carbons (Fsp3) is 0.150. The quantitative estimate of drug-likeness (QED) is 0.669. The number of rotatable bonds is 7. The van der Waals surface area contributed by atoms with Crippen LogP contribution < -0.4 is 20.1 Å². The number of amides is 1. The third kappa shape index (κ3) is 4.94. The number of nitrogens with one attached hydrogen (secondary N) is 2. The zero-order chi connectivity index (χ0) is 19.1. The lowest BCUT2D eigenvalue weighted by Crippen LogP contribution is -2.13. The molecular formula is C20H20N4O3. The molecule has 7 heteroatoms. The van der Waals surface area contributed by atoms with Crippen LogP contribution in [0.25, 0.3) is 0 Å². The van der Waals surface area contributed by atoms with Gasteiger partial charge in [-0.3, -0.25) is 9.78 Å².